The largest absolute Gasteiger partial charge is 0.481 e. The van der Waals surface area contributed by atoms with Gasteiger partial charge in [0, 0.05) is 25.8 Å². The van der Waals surface area contributed by atoms with E-state index >= 15 is 0 Å². The molecule has 0 spiro atoms. The minimum atomic E-state index is -0.756. The molecule has 2 rings (SSSR count). The SMILES string of the molecule is O=C(O)C1(CNC2CCOCC2)COC1. The fraction of sp³-hybridized carbons (Fsp3) is 0.900. The normalized spacial score (nSPS) is 25.9. The Morgan fingerprint density at radius 1 is 1.33 bits per heavy atom. The molecule has 0 saturated carbocycles. The molecule has 5 nitrogen and oxygen atoms in total. The summed E-state index contributed by atoms with van der Waals surface area (Å²) in [5, 5.41) is 12.4. The van der Waals surface area contributed by atoms with Gasteiger partial charge in [0.05, 0.1) is 13.2 Å². The first-order valence-electron chi connectivity index (χ1n) is 5.35. The minimum Gasteiger partial charge on any atom is -0.481 e. The first kappa shape index (κ1) is 10.9. The van der Waals surface area contributed by atoms with Crippen LogP contribution in [0.3, 0.4) is 0 Å². The van der Waals surface area contributed by atoms with Gasteiger partial charge in [0.25, 0.3) is 0 Å². The summed E-state index contributed by atoms with van der Waals surface area (Å²) in [5.41, 5.74) is -0.682. The van der Waals surface area contributed by atoms with E-state index < -0.39 is 11.4 Å². The van der Waals surface area contributed by atoms with E-state index in [0.29, 0.717) is 25.8 Å². The minimum absolute atomic E-state index is 0.332. The Morgan fingerprint density at radius 3 is 2.47 bits per heavy atom. The van der Waals surface area contributed by atoms with Crippen molar-refractivity contribution in [1.29, 1.82) is 0 Å². The first-order chi connectivity index (χ1) is 7.23. The average Bonchev–Trinajstić information content (AvgIpc) is 2.17. The number of hydrogen-bond acceptors (Lipinski definition) is 4. The molecular weight excluding hydrogens is 198 g/mol. The summed E-state index contributed by atoms with van der Waals surface area (Å²) in [5.74, 6) is -0.756. The third kappa shape index (κ3) is 2.30. The molecule has 0 aliphatic carbocycles. The van der Waals surface area contributed by atoms with Crippen LogP contribution in [0.15, 0.2) is 0 Å². The van der Waals surface area contributed by atoms with Crippen LogP contribution in [-0.2, 0) is 14.3 Å². The van der Waals surface area contributed by atoms with Crippen LogP contribution < -0.4 is 5.32 Å². The summed E-state index contributed by atoms with van der Waals surface area (Å²) in [6.07, 6.45) is 1.94. The van der Waals surface area contributed by atoms with Crippen LogP contribution >= 0.6 is 0 Å². The molecule has 0 radical (unpaired) electrons. The second kappa shape index (κ2) is 4.47. The van der Waals surface area contributed by atoms with Gasteiger partial charge in [0.15, 0.2) is 0 Å². The molecule has 0 bridgehead atoms. The van der Waals surface area contributed by atoms with Crippen molar-refractivity contribution in [2.75, 3.05) is 33.0 Å². The van der Waals surface area contributed by atoms with Crippen LogP contribution in [0.2, 0.25) is 0 Å². The number of carbonyl (C=O) groups is 1. The number of carboxylic acid groups (broad SMARTS) is 1. The molecule has 2 saturated heterocycles. The molecule has 2 heterocycles. The second-order valence-electron chi connectivity index (χ2n) is 4.35. The zero-order valence-electron chi connectivity index (χ0n) is 8.70. The van der Waals surface area contributed by atoms with Crippen molar-refractivity contribution in [3.8, 4) is 0 Å². The first-order valence-corrected chi connectivity index (χ1v) is 5.35. The maximum atomic E-state index is 11.0. The Bertz CT molecular complexity index is 234. The van der Waals surface area contributed by atoms with Gasteiger partial charge in [0.2, 0.25) is 0 Å². The molecule has 0 aromatic carbocycles. The molecule has 2 aliphatic heterocycles. The number of nitrogens with one attached hydrogen (secondary N) is 1. The Hall–Kier alpha value is -0.650. The molecular formula is C10H17NO4. The Balaban J connectivity index is 1.78. The molecule has 0 aromatic heterocycles. The van der Waals surface area contributed by atoms with Gasteiger partial charge in [-0.3, -0.25) is 4.79 Å². The highest BCUT2D eigenvalue weighted by Gasteiger charge is 2.46. The summed E-state index contributed by atoms with van der Waals surface area (Å²) in [7, 11) is 0. The molecule has 2 N–H and O–H groups in total. The van der Waals surface area contributed by atoms with E-state index in [2.05, 4.69) is 5.32 Å². The molecule has 0 aromatic rings. The summed E-state index contributed by atoms with van der Waals surface area (Å²) < 4.78 is 10.2. The van der Waals surface area contributed by atoms with Crippen LogP contribution in [0.5, 0.6) is 0 Å². The van der Waals surface area contributed by atoms with Gasteiger partial charge < -0.3 is 19.9 Å². The van der Waals surface area contributed by atoms with E-state index in [9.17, 15) is 4.79 Å². The maximum Gasteiger partial charge on any atom is 0.315 e. The molecule has 0 amide bonds. The molecule has 86 valence electrons. The second-order valence-corrected chi connectivity index (χ2v) is 4.35. The van der Waals surface area contributed by atoms with Crippen molar-refractivity contribution in [2.45, 2.75) is 18.9 Å². The summed E-state index contributed by atoms with van der Waals surface area (Å²) in [4.78, 5) is 11.0. The lowest BCUT2D eigenvalue weighted by Gasteiger charge is -2.39. The molecule has 15 heavy (non-hydrogen) atoms. The lowest BCUT2D eigenvalue weighted by Crippen LogP contribution is -2.56. The number of aliphatic carboxylic acids is 1. The lowest BCUT2D eigenvalue weighted by molar-refractivity contribution is -0.179. The van der Waals surface area contributed by atoms with Crippen molar-refractivity contribution in [3.63, 3.8) is 0 Å². The van der Waals surface area contributed by atoms with E-state index in [1.54, 1.807) is 0 Å². The number of ether oxygens (including phenoxy) is 2. The Morgan fingerprint density at radius 2 is 2.00 bits per heavy atom. The molecule has 2 aliphatic rings. The van der Waals surface area contributed by atoms with Gasteiger partial charge in [-0.2, -0.15) is 0 Å². The van der Waals surface area contributed by atoms with Crippen LogP contribution in [-0.4, -0.2) is 50.1 Å². The van der Waals surface area contributed by atoms with Gasteiger partial charge >= 0.3 is 5.97 Å². The van der Waals surface area contributed by atoms with E-state index in [0.717, 1.165) is 26.1 Å². The third-order valence-electron chi connectivity index (χ3n) is 3.16. The Kier molecular flexibility index (Phi) is 3.23. The fourth-order valence-electron chi connectivity index (χ4n) is 1.89. The molecule has 0 unspecified atom stereocenters. The van der Waals surface area contributed by atoms with Crippen LogP contribution in [0, 0.1) is 5.41 Å². The highest BCUT2D eigenvalue weighted by molar-refractivity contribution is 5.76. The predicted molar refractivity (Wildman–Crippen MR) is 52.7 cm³/mol. The van der Waals surface area contributed by atoms with Gasteiger partial charge in [-0.25, -0.2) is 0 Å². The van der Waals surface area contributed by atoms with Crippen molar-refractivity contribution in [1.82, 2.24) is 5.32 Å². The topological polar surface area (TPSA) is 67.8 Å². The van der Waals surface area contributed by atoms with Crippen molar-refractivity contribution >= 4 is 5.97 Å². The smallest absolute Gasteiger partial charge is 0.315 e. The van der Waals surface area contributed by atoms with E-state index in [1.807, 2.05) is 0 Å². The average molecular weight is 215 g/mol. The van der Waals surface area contributed by atoms with Crippen LogP contribution in [0.4, 0.5) is 0 Å². The standard InChI is InChI=1S/C10H17NO4/c12-9(13)10(6-15-7-10)5-11-8-1-3-14-4-2-8/h8,11H,1-7H2,(H,12,13). The van der Waals surface area contributed by atoms with E-state index in [-0.39, 0.29) is 0 Å². The third-order valence-corrected chi connectivity index (χ3v) is 3.16. The van der Waals surface area contributed by atoms with E-state index in [4.69, 9.17) is 14.6 Å². The predicted octanol–water partition coefficient (Wildman–Crippen LogP) is -0.144. The Labute approximate surface area is 88.7 Å². The quantitative estimate of drug-likeness (QED) is 0.683. The van der Waals surface area contributed by atoms with Gasteiger partial charge in [-0.05, 0) is 12.8 Å². The van der Waals surface area contributed by atoms with Gasteiger partial charge in [-0.1, -0.05) is 0 Å². The van der Waals surface area contributed by atoms with Gasteiger partial charge in [0.1, 0.15) is 5.41 Å². The van der Waals surface area contributed by atoms with Crippen molar-refractivity contribution < 1.29 is 19.4 Å². The molecule has 0 atom stereocenters. The highest BCUT2D eigenvalue weighted by Crippen LogP contribution is 2.27. The van der Waals surface area contributed by atoms with E-state index in [1.165, 1.54) is 0 Å². The zero-order valence-corrected chi connectivity index (χ0v) is 8.70. The monoisotopic (exact) mass is 215 g/mol. The number of rotatable bonds is 4. The zero-order chi connectivity index (χ0) is 10.7. The van der Waals surface area contributed by atoms with Crippen LogP contribution in [0.25, 0.3) is 0 Å². The number of carboxylic acids is 1. The summed E-state index contributed by atoms with van der Waals surface area (Å²) in [6.45, 7) is 2.71. The molecule has 2 fully saturated rings. The highest BCUT2D eigenvalue weighted by atomic mass is 16.5. The lowest BCUT2D eigenvalue weighted by atomic mass is 9.85. The summed E-state index contributed by atoms with van der Waals surface area (Å²) in [6, 6.07) is 0.399. The molecule has 5 heteroatoms. The number of hydrogen-bond donors (Lipinski definition) is 2. The van der Waals surface area contributed by atoms with Crippen molar-refractivity contribution in [2.24, 2.45) is 5.41 Å². The fourth-order valence-corrected chi connectivity index (χ4v) is 1.89. The van der Waals surface area contributed by atoms with Gasteiger partial charge in [-0.15, -0.1) is 0 Å². The van der Waals surface area contributed by atoms with Crippen molar-refractivity contribution in [3.05, 3.63) is 0 Å². The van der Waals surface area contributed by atoms with Crippen LogP contribution in [0.1, 0.15) is 12.8 Å². The summed E-state index contributed by atoms with van der Waals surface area (Å²) >= 11 is 0. The maximum absolute atomic E-state index is 11.0.